The summed E-state index contributed by atoms with van der Waals surface area (Å²) in [7, 11) is 4.17. The zero-order valence-corrected chi connectivity index (χ0v) is 12.4. The van der Waals surface area contributed by atoms with Gasteiger partial charge in [0.15, 0.2) is 0 Å². The lowest BCUT2D eigenvalue weighted by Gasteiger charge is -2.28. The number of halogens is 1. The minimum Gasteiger partial charge on any atom is -0.506 e. The molecular formula is C14H23ClN2O. The summed E-state index contributed by atoms with van der Waals surface area (Å²) < 4.78 is 0. The average molecular weight is 271 g/mol. The lowest BCUT2D eigenvalue weighted by atomic mass is 9.93. The Balaban J connectivity index is 2.43. The molecule has 0 aliphatic carbocycles. The van der Waals surface area contributed by atoms with E-state index in [1.54, 1.807) is 12.1 Å². The van der Waals surface area contributed by atoms with Gasteiger partial charge in [0.2, 0.25) is 0 Å². The van der Waals surface area contributed by atoms with Crippen molar-refractivity contribution in [1.29, 1.82) is 0 Å². The smallest absolute Gasteiger partial charge is 0.134 e. The van der Waals surface area contributed by atoms with E-state index < -0.39 is 0 Å². The zero-order valence-electron chi connectivity index (χ0n) is 11.6. The first-order chi connectivity index (χ1) is 8.30. The number of benzene rings is 1. The van der Waals surface area contributed by atoms with E-state index in [1.165, 1.54) is 0 Å². The van der Waals surface area contributed by atoms with Crippen LogP contribution < -0.4 is 5.32 Å². The summed E-state index contributed by atoms with van der Waals surface area (Å²) in [6, 6.07) is 5.31. The average Bonchev–Trinajstić information content (AvgIpc) is 2.21. The Morgan fingerprint density at radius 3 is 2.56 bits per heavy atom. The molecule has 1 rings (SSSR count). The van der Waals surface area contributed by atoms with Gasteiger partial charge in [0.05, 0.1) is 5.02 Å². The number of nitrogens with one attached hydrogen (secondary N) is 1. The molecule has 0 fully saturated rings. The van der Waals surface area contributed by atoms with Crippen LogP contribution in [0.4, 0.5) is 0 Å². The van der Waals surface area contributed by atoms with Gasteiger partial charge in [-0.2, -0.15) is 0 Å². The van der Waals surface area contributed by atoms with Crippen molar-refractivity contribution < 1.29 is 5.11 Å². The van der Waals surface area contributed by atoms with E-state index in [0.717, 1.165) is 25.2 Å². The number of phenolic OH excluding ortho intramolecular Hbond substituents is 1. The van der Waals surface area contributed by atoms with Crippen LogP contribution in [0.15, 0.2) is 18.2 Å². The second kappa shape index (κ2) is 6.41. The lowest BCUT2D eigenvalue weighted by molar-refractivity contribution is 0.232. The minimum atomic E-state index is 0.133. The Kier molecular flexibility index (Phi) is 5.45. The van der Waals surface area contributed by atoms with Gasteiger partial charge in [-0.25, -0.2) is 0 Å². The Hall–Kier alpha value is -0.770. The third kappa shape index (κ3) is 5.25. The van der Waals surface area contributed by atoms with E-state index >= 15 is 0 Å². The molecular weight excluding hydrogens is 248 g/mol. The van der Waals surface area contributed by atoms with Gasteiger partial charge >= 0.3 is 0 Å². The summed E-state index contributed by atoms with van der Waals surface area (Å²) in [6.45, 7) is 7.21. The largest absolute Gasteiger partial charge is 0.506 e. The molecule has 0 saturated heterocycles. The second-order valence-corrected chi connectivity index (χ2v) is 6.20. The number of phenols is 1. The summed E-state index contributed by atoms with van der Waals surface area (Å²) in [5, 5.41) is 13.2. The molecule has 0 heterocycles. The van der Waals surface area contributed by atoms with Crippen molar-refractivity contribution in [3.63, 3.8) is 0 Å². The molecule has 0 spiro atoms. The molecule has 4 heteroatoms. The summed E-state index contributed by atoms with van der Waals surface area (Å²) >= 11 is 5.87. The molecule has 0 bridgehead atoms. The Morgan fingerprint density at radius 2 is 2.00 bits per heavy atom. The maximum atomic E-state index is 9.34. The molecule has 0 unspecified atom stereocenters. The molecule has 0 saturated carbocycles. The van der Waals surface area contributed by atoms with Gasteiger partial charge in [-0.1, -0.05) is 31.5 Å². The second-order valence-electron chi connectivity index (χ2n) is 5.79. The Bertz CT molecular complexity index is 391. The van der Waals surface area contributed by atoms with E-state index in [9.17, 15) is 5.11 Å². The molecule has 0 aliphatic rings. The van der Waals surface area contributed by atoms with Crippen LogP contribution in [0.3, 0.4) is 0 Å². The van der Waals surface area contributed by atoms with Crippen molar-refractivity contribution in [2.45, 2.75) is 20.4 Å². The maximum Gasteiger partial charge on any atom is 0.134 e. The molecule has 3 nitrogen and oxygen atoms in total. The summed E-state index contributed by atoms with van der Waals surface area (Å²) in [5.41, 5.74) is 1.31. The van der Waals surface area contributed by atoms with Crippen LogP contribution in [0, 0.1) is 5.41 Å². The first-order valence-electron chi connectivity index (χ1n) is 6.13. The van der Waals surface area contributed by atoms with Crippen molar-refractivity contribution in [3.8, 4) is 5.75 Å². The molecule has 102 valence electrons. The fourth-order valence-corrected chi connectivity index (χ4v) is 2.32. The van der Waals surface area contributed by atoms with Gasteiger partial charge in [-0.15, -0.1) is 0 Å². The van der Waals surface area contributed by atoms with Crippen molar-refractivity contribution in [2.24, 2.45) is 5.41 Å². The molecule has 18 heavy (non-hydrogen) atoms. The van der Waals surface area contributed by atoms with Gasteiger partial charge < -0.3 is 15.3 Å². The number of hydrogen-bond donors (Lipinski definition) is 2. The SMILES string of the molecule is CN(C)CC(C)(C)CNCc1ccc(O)c(Cl)c1. The van der Waals surface area contributed by atoms with Gasteiger partial charge in [-0.3, -0.25) is 0 Å². The normalized spacial score (nSPS) is 12.1. The molecule has 0 aromatic heterocycles. The fourth-order valence-electron chi connectivity index (χ4n) is 2.12. The van der Waals surface area contributed by atoms with Crippen LogP contribution in [-0.4, -0.2) is 37.2 Å². The van der Waals surface area contributed by atoms with Crippen LogP contribution in [0.25, 0.3) is 0 Å². The van der Waals surface area contributed by atoms with E-state index in [0.29, 0.717) is 5.02 Å². The van der Waals surface area contributed by atoms with Crippen molar-refractivity contribution >= 4 is 11.6 Å². The Labute approximate surface area is 115 Å². The van der Waals surface area contributed by atoms with E-state index in [1.807, 2.05) is 6.07 Å². The van der Waals surface area contributed by atoms with Gasteiger partial charge in [0, 0.05) is 19.6 Å². The van der Waals surface area contributed by atoms with Crippen LogP contribution in [0.1, 0.15) is 19.4 Å². The predicted octanol–water partition coefficient (Wildman–Crippen LogP) is 2.72. The fraction of sp³-hybridized carbons (Fsp3) is 0.571. The van der Waals surface area contributed by atoms with Crippen molar-refractivity contribution in [3.05, 3.63) is 28.8 Å². The summed E-state index contributed by atoms with van der Waals surface area (Å²) in [5.74, 6) is 0.133. The molecule has 2 N–H and O–H groups in total. The molecule has 1 aromatic carbocycles. The van der Waals surface area contributed by atoms with E-state index in [2.05, 4.69) is 38.2 Å². The number of rotatable bonds is 6. The minimum absolute atomic E-state index is 0.133. The Morgan fingerprint density at radius 1 is 1.33 bits per heavy atom. The quantitative estimate of drug-likeness (QED) is 0.834. The van der Waals surface area contributed by atoms with Crippen molar-refractivity contribution in [2.75, 3.05) is 27.2 Å². The van der Waals surface area contributed by atoms with Gasteiger partial charge in [-0.05, 0) is 37.2 Å². The predicted molar refractivity (Wildman–Crippen MR) is 77.2 cm³/mol. The number of nitrogens with zero attached hydrogens (tertiary/aromatic N) is 1. The molecule has 1 aromatic rings. The van der Waals surface area contributed by atoms with Gasteiger partial charge in [0.1, 0.15) is 5.75 Å². The maximum absolute atomic E-state index is 9.34. The lowest BCUT2D eigenvalue weighted by Crippen LogP contribution is -2.37. The van der Waals surface area contributed by atoms with Crippen LogP contribution in [-0.2, 0) is 6.54 Å². The highest BCUT2D eigenvalue weighted by atomic mass is 35.5. The standard InChI is InChI=1S/C14H23ClN2O/c1-14(2,10-17(3)4)9-16-8-11-5-6-13(18)12(15)7-11/h5-7,16,18H,8-10H2,1-4H3. The van der Waals surface area contributed by atoms with Crippen LogP contribution >= 0.6 is 11.6 Å². The van der Waals surface area contributed by atoms with Crippen molar-refractivity contribution in [1.82, 2.24) is 10.2 Å². The van der Waals surface area contributed by atoms with E-state index in [-0.39, 0.29) is 11.2 Å². The first-order valence-corrected chi connectivity index (χ1v) is 6.51. The van der Waals surface area contributed by atoms with Crippen LogP contribution in [0.2, 0.25) is 5.02 Å². The highest BCUT2D eigenvalue weighted by molar-refractivity contribution is 6.32. The topological polar surface area (TPSA) is 35.5 Å². The highest BCUT2D eigenvalue weighted by Gasteiger charge is 2.18. The number of aromatic hydroxyl groups is 1. The van der Waals surface area contributed by atoms with Crippen LogP contribution in [0.5, 0.6) is 5.75 Å². The molecule has 0 radical (unpaired) electrons. The molecule has 0 amide bonds. The number of hydrogen-bond acceptors (Lipinski definition) is 3. The highest BCUT2D eigenvalue weighted by Crippen LogP contribution is 2.23. The van der Waals surface area contributed by atoms with Gasteiger partial charge in [0.25, 0.3) is 0 Å². The molecule has 0 atom stereocenters. The first kappa shape index (κ1) is 15.3. The summed E-state index contributed by atoms with van der Waals surface area (Å²) in [6.07, 6.45) is 0. The monoisotopic (exact) mass is 270 g/mol. The van der Waals surface area contributed by atoms with E-state index in [4.69, 9.17) is 11.6 Å². The summed E-state index contributed by atoms with van der Waals surface area (Å²) in [4.78, 5) is 2.19. The third-order valence-electron chi connectivity index (χ3n) is 2.69. The zero-order chi connectivity index (χ0) is 13.8. The molecule has 0 aliphatic heterocycles. The third-order valence-corrected chi connectivity index (χ3v) is 2.99.